The maximum absolute atomic E-state index is 12.9. The van der Waals surface area contributed by atoms with Crippen LogP contribution in [0.25, 0.3) is 10.9 Å². The van der Waals surface area contributed by atoms with Gasteiger partial charge in [0, 0.05) is 22.7 Å². The van der Waals surface area contributed by atoms with Gasteiger partial charge in [0.05, 0.1) is 18.2 Å². The van der Waals surface area contributed by atoms with Gasteiger partial charge >= 0.3 is 0 Å². The highest BCUT2D eigenvalue weighted by molar-refractivity contribution is 7.12. The Morgan fingerprint density at radius 3 is 3.00 bits per heavy atom. The van der Waals surface area contributed by atoms with Crippen molar-refractivity contribution < 1.29 is 13.9 Å². The normalized spacial score (nSPS) is 11.2. The Labute approximate surface area is 129 Å². The molecule has 112 valence electrons. The maximum atomic E-state index is 12.9. The summed E-state index contributed by atoms with van der Waals surface area (Å²) >= 11 is 0.776. The molecule has 3 rings (SSSR count). The fourth-order valence-corrected chi connectivity index (χ4v) is 2.63. The summed E-state index contributed by atoms with van der Waals surface area (Å²) in [6.45, 7) is 0. The molecule has 0 spiro atoms. The number of benzene rings is 1. The molecule has 1 amide bonds. The number of aromatic amines is 1. The minimum Gasteiger partial charge on any atom is -0.497 e. The first-order chi connectivity index (χ1) is 10.7. The predicted octanol–water partition coefficient (Wildman–Crippen LogP) is 3.14. The van der Waals surface area contributed by atoms with Crippen molar-refractivity contribution in [1.82, 2.24) is 10.4 Å². The molecule has 22 heavy (non-hydrogen) atoms. The van der Waals surface area contributed by atoms with Crippen LogP contribution in [0, 0.1) is 5.13 Å². The number of H-pyrrole nitrogens is 1. The van der Waals surface area contributed by atoms with Crippen LogP contribution >= 0.6 is 11.3 Å². The molecule has 0 aliphatic rings. The Hall–Kier alpha value is -2.67. The van der Waals surface area contributed by atoms with Gasteiger partial charge in [0.15, 0.2) is 5.13 Å². The molecule has 0 saturated heterocycles. The maximum Gasteiger partial charge on any atom is 0.281 e. The van der Waals surface area contributed by atoms with Gasteiger partial charge in [-0.15, -0.1) is 11.3 Å². The summed E-state index contributed by atoms with van der Waals surface area (Å²) in [6.07, 6.45) is 3.31. The Morgan fingerprint density at radius 1 is 1.41 bits per heavy atom. The van der Waals surface area contributed by atoms with Crippen LogP contribution in [0.1, 0.15) is 15.2 Å². The number of methoxy groups -OCH3 is 1. The van der Waals surface area contributed by atoms with Gasteiger partial charge in [-0.3, -0.25) is 4.79 Å². The van der Waals surface area contributed by atoms with Crippen LogP contribution in [0.5, 0.6) is 5.75 Å². The summed E-state index contributed by atoms with van der Waals surface area (Å²) < 4.78 is 18.1. The van der Waals surface area contributed by atoms with Gasteiger partial charge in [-0.25, -0.2) is 5.43 Å². The monoisotopic (exact) mass is 317 g/mol. The first-order valence-electron chi connectivity index (χ1n) is 6.41. The first-order valence-corrected chi connectivity index (χ1v) is 7.23. The Bertz CT molecular complexity index is 853. The number of thiophene rings is 1. The van der Waals surface area contributed by atoms with E-state index in [-0.39, 0.29) is 4.88 Å². The average Bonchev–Trinajstić information content (AvgIpc) is 3.13. The lowest BCUT2D eigenvalue weighted by atomic mass is 10.2. The van der Waals surface area contributed by atoms with Crippen molar-refractivity contribution in [1.29, 1.82) is 0 Å². The van der Waals surface area contributed by atoms with Gasteiger partial charge in [0.2, 0.25) is 0 Å². The smallest absolute Gasteiger partial charge is 0.281 e. The number of hydrogen-bond acceptors (Lipinski definition) is 4. The summed E-state index contributed by atoms with van der Waals surface area (Å²) in [7, 11) is 1.60. The third-order valence-electron chi connectivity index (χ3n) is 3.09. The van der Waals surface area contributed by atoms with Crippen LogP contribution < -0.4 is 10.2 Å². The Kier molecular flexibility index (Phi) is 3.88. The number of halogens is 1. The number of nitrogens with one attached hydrogen (secondary N) is 2. The quantitative estimate of drug-likeness (QED) is 0.573. The fourth-order valence-electron chi connectivity index (χ4n) is 2.01. The van der Waals surface area contributed by atoms with Crippen LogP contribution in [0.3, 0.4) is 0 Å². The van der Waals surface area contributed by atoms with Crippen molar-refractivity contribution in [2.24, 2.45) is 5.10 Å². The second-order valence-electron chi connectivity index (χ2n) is 4.46. The summed E-state index contributed by atoms with van der Waals surface area (Å²) in [4.78, 5) is 15.1. The molecule has 2 aromatic heterocycles. The Morgan fingerprint density at radius 2 is 2.27 bits per heavy atom. The van der Waals surface area contributed by atoms with E-state index in [1.165, 1.54) is 18.3 Å². The zero-order valence-electron chi connectivity index (χ0n) is 11.6. The molecule has 0 radical (unpaired) electrons. The lowest BCUT2D eigenvalue weighted by Crippen LogP contribution is -2.16. The highest BCUT2D eigenvalue weighted by Crippen LogP contribution is 2.22. The summed E-state index contributed by atoms with van der Waals surface area (Å²) in [5.74, 6) is 0.294. The van der Waals surface area contributed by atoms with Gasteiger partial charge < -0.3 is 9.72 Å². The number of aromatic nitrogens is 1. The summed E-state index contributed by atoms with van der Waals surface area (Å²) in [5, 5.41) is 4.43. The van der Waals surface area contributed by atoms with Crippen molar-refractivity contribution in [3.8, 4) is 5.75 Å². The van der Waals surface area contributed by atoms with Crippen molar-refractivity contribution in [2.45, 2.75) is 0 Å². The molecule has 0 saturated carbocycles. The number of nitrogens with zero attached hydrogens (tertiary/aromatic N) is 1. The number of ether oxygens (including phenoxy) is 1. The molecule has 2 N–H and O–H groups in total. The van der Waals surface area contributed by atoms with Crippen LogP contribution in [0.15, 0.2) is 41.6 Å². The molecule has 2 heterocycles. The number of carbonyl (C=O) groups is 1. The highest BCUT2D eigenvalue weighted by atomic mass is 32.1. The lowest BCUT2D eigenvalue weighted by Gasteiger charge is -1.99. The van der Waals surface area contributed by atoms with Crippen LogP contribution in [-0.2, 0) is 0 Å². The standard InChI is InChI=1S/C15H12FN3O2S/c1-21-10-2-3-12-11(6-10)9(7-17-12)8-18-19-15(20)13-4-5-14(16)22-13/h2-8,17H,1H3,(H,19,20)/b18-8+. The predicted molar refractivity (Wildman–Crippen MR) is 84.2 cm³/mol. The van der Waals surface area contributed by atoms with Crippen LogP contribution in [-0.4, -0.2) is 24.2 Å². The minimum atomic E-state index is -0.442. The van der Waals surface area contributed by atoms with E-state index in [1.54, 1.807) is 13.3 Å². The molecule has 7 heteroatoms. The van der Waals surface area contributed by atoms with E-state index in [9.17, 15) is 9.18 Å². The van der Waals surface area contributed by atoms with E-state index >= 15 is 0 Å². The van der Waals surface area contributed by atoms with E-state index in [0.717, 1.165) is 33.6 Å². The SMILES string of the molecule is COc1ccc2[nH]cc(/C=N/NC(=O)c3ccc(F)s3)c2c1. The first kappa shape index (κ1) is 14.3. The number of rotatable bonds is 4. The van der Waals surface area contributed by atoms with Crippen molar-refractivity contribution in [2.75, 3.05) is 7.11 Å². The zero-order chi connectivity index (χ0) is 15.5. The van der Waals surface area contributed by atoms with Crippen molar-refractivity contribution >= 4 is 34.4 Å². The largest absolute Gasteiger partial charge is 0.497 e. The molecule has 1 aromatic carbocycles. The van der Waals surface area contributed by atoms with Gasteiger partial charge in [0.25, 0.3) is 5.91 Å². The molecule has 0 fully saturated rings. The zero-order valence-corrected chi connectivity index (χ0v) is 12.4. The van der Waals surface area contributed by atoms with Gasteiger partial charge in [0.1, 0.15) is 5.75 Å². The van der Waals surface area contributed by atoms with Crippen LogP contribution in [0.4, 0.5) is 4.39 Å². The molecule has 0 atom stereocenters. The lowest BCUT2D eigenvalue weighted by molar-refractivity contribution is 0.0959. The topological polar surface area (TPSA) is 66.5 Å². The molecule has 0 aliphatic heterocycles. The third-order valence-corrected chi connectivity index (χ3v) is 3.96. The minimum absolute atomic E-state index is 0.273. The Balaban J connectivity index is 1.76. The number of hydrazone groups is 1. The molecular weight excluding hydrogens is 305 g/mol. The molecule has 0 unspecified atom stereocenters. The van der Waals surface area contributed by atoms with E-state index in [2.05, 4.69) is 15.5 Å². The van der Waals surface area contributed by atoms with Gasteiger partial charge in [-0.05, 0) is 30.3 Å². The van der Waals surface area contributed by atoms with E-state index in [4.69, 9.17) is 4.74 Å². The van der Waals surface area contributed by atoms with Crippen LogP contribution in [0.2, 0.25) is 0 Å². The molecule has 0 aliphatic carbocycles. The molecule has 3 aromatic rings. The van der Waals surface area contributed by atoms with Crippen molar-refractivity contribution in [3.63, 3.8) is 0 Å². The number of fused-ring (bicyclic) bond motifs is 1. The third kappa shape index (κ3) is 2.84. The number of carbonyl (C=O) groups excluding carboxylic acids is 1. The summed E-state index contributed by atoms with van der Waals surface area (Å²) in [5.41, 5.74) is 4.12. The fraction of sp³-hybridized carbons (Fsp3) is 0.0667. The number of hydrogen-bond donors (Lipinski definition) is 2. The van der Waals surface area contributed by atoms with Crippen molar-refractivity contribution in [3.05, 3.63) is 52.1 Å². The molecular formula is C15H12FN3O2S. The molecule has 0 bridgehead atoms. The second-order valence-corrected chi connectivity index (χ2v) is 5.49. The second kappa shape index (κ2) is 5.98. The highest BCUT2D eigenvalue weighted by Gasteiger charge is 2.08. The summed E-state index contributed by atoms with van der Waals surface area (Å²) in [6, 6.07) is 8.30. The molecule has 5 nitrogen and oxygen atoms in total. The van der Waals surface area contributed by atoms with E-state index < -0.39 is 11.0 Å². The van der Waals surface area contributed by atoms with E-state index in [1.807, 2.05) is 18.2 Å². The average molecular weight is 317 g/mol. The van der Waals surface area contributed by atoms with E-state index in [0.29, 0.717) is 0 Å². The van der Waals surface area contributed by atoms with Gasteiger partial charge in [-0.2, -0.15) is 9.49 Å². The number of amides is 1. The van der Waals surface area contributed by atoms with Gasteiger partial charge in [-0.1, -0.05) is 0 Å².